The van der Waals surface area contributed by atoms with Crippen LogP contribution in [0.5, 0.6) is 0 Å². The Hall–Kier alpha value is -2.11. The van der Waals surface area contributed by atoms with Crippen molar-refractivity contribution in [2.75, 3.05) is 0 Å². The lowest BCUT2D eigenvalue weighted by molar-refractivity contribution is 0.111. The van der Waals surface area contributed by atoms with Gasteiger partial charge in [-0.3, -0.25) is 9.78 Å². The molecule has 0 aromatic carbocycles. The predicted molar refractivity (Wildman–Crippen MR) is 51.7 cm³/mol. The Bertz CT molecular complexity index is 510. The molecule has 0 amide bonds. The summed E-state index contributed by atoms with van der Waals surface area (Å²) >= 11 is 0. The maximum atomic E-state index is 12.4. The lowest BCUT2D eigenvalue weighted by Gasteiger charge is -2.03. The van der Waals surface area contributed by atoms with E-state index in [9.17, 15) is 13.6 Å². The SMILES string of the molecule is O=Cc1cn(-c2ccnc(C(F)F)c2)cn1. The van der Waals surface area contributed by atoms with Gasteiger partial charge in [-0.25, -0.2) is 13.8 Å². The van der Waals surface area contributed by atoms with Crippen LogP contribution >= 0.6 is 0 Å². The number of imidazole rings is 1. The van der Waals surface area contributed by atoms with Crippen molar-refractivity contribution in [3.8, 4) is 5.69 Å². The Balaban J connectivity index is 2.39. The van der Waals surface area contributed by atoms with Gasteiger partial charge in [0.05, 0.1) is 5.69 Å². The molecular weight excluding hydrogens is 216 g/mol. The van der Waals surface area contributed by atoms with Crippen LogP contribution in [0.2, 0.25) is 0 Å². The van der Waals surface area contributed by atoms with Gasteiger partial charge in [0.2, 0.25) is 0 Å². The second-order valence-corrected chi connectivity index (χ2v) is 3.06. The average molecular weight is 223 g/mol. The van der Waals surface area contributed by atoms with E-state index in [-0.39, 0.29) is 11.4 Å². The van der Waals surface area contributed by atoms with Gasteiger partial charge in [0.25, 0.3) is 6.43 Å². The van der Waals surface area contributed by atoms with Gasteiger partial charge in [-0.1, -0.05) is 0 Å². The monoisotopic (exact) mass is 223 g/mol. The molecule has 6 heteroatoms. The summed E-state index contributed by atoms with van der Waals surface area (Å²) < 4.78 is 26.3. The third-order valence-electron chi connectivity index (χ3n) is 2.01. The molecule has 0 aliphatic carbocycles. The number of nitrogens with zero attached hydrogens (tertiary/aromatic N) is 3. The van der Waals surface area contributed by atoms with Crippen LogP contribution in [0.25, 0.3) is 5.69 Å². The van der Waals surface area contributed by atoms with Crippen LogP contribution in [0.1, 0.15) is 22.6 Å². The summed E-state index contributed by atoms with van der Waals surface area (Å²) in [5.74, 6) is 0. The Kier molecular flexibility index (Phi) is 2.72. The van der Waals surface area contributed by atoms with Gasteiger partial charge in [-0.15, -0.1) is 0 Å². The first-order chi connectivity index (χ1) is 7.70. The quantitative estimate of drug-likeness (QED) is 0.748. The van der Waals surface area contributed by atoms with Gasteiger partial charge < -0.3 is 4.57 Å². The predicted octanol–water partition coefficient (Wildman–Crippen LogP) is 2.02. The van der Waals surface area contributed by atoms with Gasteiger partial charge in [-0.2, -0.15) is 0 Å². The van der Waals surface area contributed by atoms with Gasteiger partial charge in [0, 0.05) is 12.4 Å². The Morgan fingerprint density at radius 2 is 2.19 bits per heavy atom. The molecule has 0 aliphatic rings. The minimum atomic E-state index is -2.62. The van der Waals surface area contributed by atoms with E-state index in [4.69, 9.17) is 0 Å². The Morgan fingerprint density at radius 1 is 1.38 bits per heavy atom. The Morgan fingerprint density at radius 3 is 2.81 bits per heavy atom. The molecule has 2 heterocycles. The number of pyridine rings is 1. The van der Waals surface area contributed by atoms with E-state index in [0.717, 1.165) is 0 Å². The first kappa shape index (κ1) is 10.4. The van der Waals surface area contributed by atoms with E-state index in [1.807, 2.05) is 0 Å². The lowest BCUT2D eigenvalue weighted by Crippen LogP contribution is -1.95. The number of alkyl halides is 2. The second-order valence-electron chi connectivity index (χ2n) is 3.06. The highest BCUT2D eigenvalue weighted by Crippen LogP contribution is 2.18. The van der Waals surface area contributed by atoms with Crippen LogP contribution < -0.4 is 0 Å². The minimum Gasteiger partial charge on any atom is -0.305 e. The van der Waals surface area contributed by atoms with Crippen molar-refractivity contribution in [2.45, 2.75) is 6.43 Å². The largest absolute Gasteiger partial charge is 0.305 e. The van der Waals surface area contributed by atoms with Crippen molar-refractivity contribution in [3.05, 3.63) is 42.2 Å². The third kappa shape index (κ3) is 1.95. The summed E-state index contributed by atoms with van der Waals surface area (Å²) in [5.41, 5.74) is 0.431. The number of carbonyl (C=O) groups excluding carboxylic acids is 1. The standard InChI is InChI=1S/C10H7F2N3O/c11-10(12)9-3-8(1-2-13-9)15-4-7(5-16)14-6-15/h1-6,10H. The normalized spacial score (nSPS) is 10.7. The van der Waals surface area contributed by atoms with Crippen LogP contribution in [0.15, 0.2) is 30.9 Å². The van der Waals surface area contributed by atoms with Crippen molar-refractivity contribution < 1.29 is 13.6 Å². The van der Waals surface area contributed by atoms with E-state index in [2.05, 4.69) is 9.97 Å². The van der Waals surface area contributed by atoms with E-state index in [1.165, 1.54) is 29.4 Å². The summed E-state index contributed by atoms with van der Waals surface area (Å²) in [6, 6.07) is 2.81. The van der Waals surface area contributed by atoms with E-state index < -0.39 is 6.43 Å². The number of aromatic nitrogens is 3. The van der Waals surface area contributed by atoms with Gasteiger partial charge in [0.1, 0.15) is 17.7 Å². The summed E-state index contributed by atoms with van der Waals surface area (Å²) in [5, 5.41) is 0. The highest BCUT2D eigenvalue weighted by molar-refractivity contribution is 5.71. The maximum absolute atomic E-state index is 12.4. The molecule has 0 N–H and O–H groups in total. The molecule has 0 aliphatic heterocycles. The zero-order valence-electron chi connectivity index (χ0n) is 8.05. The highest BCUT2D eigenvalue weighted by Gasteiger charge is 2.09. The molecule has 0 atom stereocenters. The molecule has 2 aromatic rings. The van der Waals surface area contributed by atoms with Gasteiger partial charge in [-0.05, 0) is 12.1 Å². The van der Waals surface area contributed by atoms with Crippen molar-refractivity contribution >= 4 is 6.29 Å². The molecule has 0 saturated carbocycles. The molecule has 0 bridgehead atoms. The van der Waals surface area contributed by atoms with Crippen molar-refractivity contribution in [2.24, 2.45) is 0 Å². The molecule has 82 valence electrons. The van der Waals surface area contributed by atoms with E-state index in [1.54, 1.807) is 6.07 Å². The first-order valence-electron chi connectivity index (χ1n) is 4.44. The molecule has 0 unspecified atom stereocenters. The van der Waals surface area contributed by atoms with Crippen LogP contribution in [0.4, 0.5) is 8.78 Å². The van der Waals surface area contributed by atoms with Crippen LogP contribution in [-0.2, 0) is 0 Å². The topological polar surface area (TPSA) is 47.8 Å². The van der Waals surface area contributed by atoms with E-state index >= 15 is 0 Å². The maximum Gasteiger partial charge on any atom is 0.280 e. The van der Waals surface area contributed by atoms with Crippen LogP contribution in [0, 0.1) is 0 Å². The molecule has 4 nitrogen and oxygen atoms in total. The molecular formula is C10H7F2N3O. The number of aldehydes is 1. The fraction of sp³-hybridized carbons (Fsp3) is 0.100. The zero-order chi connectivity index (χ0) is 11.5. The molecule has 0 fully saturated rings. The summed E-state index contributed by atoms with van der Waals surface area (Å²) in [7, 11) is 0. The number of halogens is 2. The van der Waals surface area contributed by atoms with Gasteiger partial charge in [0.15, 0.2) is 6.29 Å². The highest BCUT2D eigenvalue weighted by atomic mass is 19.3. The van der Waals surface area contributed by atoms with Crippen molar-refractivity contribution in [1.82, 2.24) is 14.5 Å². The molecule has 0 saturated heterocycles. The molecule has 2 aromatic heterocycles. The summed E-state index contributed by atoms with van der Waals surface area (Å²) in [6.07, 6.45) is 2.10. The number of rotatable bonds is 3. The summed E-state index contributed by atoms with van der Waals surface area (Å²) in [6.45, 7) is 0. The summed E-state index contributed by atoms with van der Waals surface area (Å²) in [4.78, 5) is 17.7. The molecule has 16 heavy (non-hydrogen) atoms. The van der Waals surface area contributed by atoms with E-state index in [0.29, 0.717) is 12.0 Å². The molecule has 0 spiro atoms. The minimum absolute atomic E-state index is 0.246. The molecule has 0 radical (unpaired) electrons. The number of carbonyl (C=O) groups is 1. The van der Waals surface area contributed by atoms with Crippen molar-refractivity contribution in [1.29, 1.82) is 0 Å². The fourth-order valence-electron chi connectivity index (χ4n) is 1.26. The van der Waals surface area contributed by atoms with Gasteiger partial charge >= 0.3 is 0 Å². The zero-order valence-corrected chi connectivity index (χ0v) is 8.05. The lowest BCUT2D eigenvalue weighted by atomic mass is 10.3. The first-order valence-corrected chi connectivity index (χ1v) is 4.44. The second kappa shape index (κ2) is 4.18. The third-order valence-corrected chi connectivity index (χ3v) is 2.01. The number of hydrogen-bond donors (Lipinski definition) is 0. The average Bonchev–Trinajstić information content (AvgIpc) is 2.77. The fourth-order valence-corrected chi connectivity index (χ4v) is 1.26. The van der Waals surface area contributed by atoms with Crippen molar-refractivity contribution in [3.63, 3.8) is 0 Å². The number of hydrogen-bond acceptors (Lipinski definition) is 3. The van der Waals surface area contributed by atoms with Crippen LogP contribution in [-0.4, -0.2) is 20.8 Å². The molecule has 2 rings (SSSR count). The van der Waals surface area contributed by atoms with Crippen LogP contribution in [0.3, 0.4) is 0 Å². The Labute approximate surface area is 89.6 Å². The smallest absolute Gasteiger partial charge is 0.280 e.